The van der Waals surface area contributed by atoms with Crippen LogP contribution in [0.15, 0.2) is 82.5 Å². The van der Waals surface area contributed by atoms with Gasteiger partial charge in [0.15, 0.2) is 6.23 Å². The predicted octanol–water partition coefficient (Wildman–Crippen LogP) is 0.583. The summed E-state index contributed by atoms with van der Waals surface area (Å²) in [5.74, 6) is -0.666. The third kappa shape index (κ3) is 7.32. The zero-order chi connectivity index (χ0) is 28.6. The zero-order valence-corrected chi connectivity index (χ0v) is 22.1. The first-order valence-corrected chi connectivity index (χ1v) is 13.2. The molecule has 2 aromatic carbocycles. The van der Waals surface area contributed by atoms with E-state index in [1.54, 1.807) is 0 Å². The Hall–Kier alpha value is -4.06. The molecule has 2 heterocycles. The van der Waals surface area contributed by atoms with Crippen molar-refractivity contribution in [3.8, 4) is 0 Å². The zero-order valence-electron chi connectivity index (χ0n) is 22.1. The summed E-state index contributed by atoms with van der Waals surface area (Å²) in [5.41, 5.74) is 0.571. The number of rotatable bonds is 11. The Morgan fingerprint density at radius 1 is 1.00 bits per heavy atom. The second-order valence-corrected chi connectivity index (χ2v) is 9.97. The van der Waals surface area contributed by atoms with Gasteiger partial charge in [-0.05, 0) is 23.5 Å². The number of carbonyl (C=O) groups excluding carboxylic acids is 2. The first-order chi connectivity index (χ1) is 19.2. The number of hydrogen-bond donors (Lipinski definition) is 5. The molecule has 6 atom stereocenters. The van der Waals surface area contributed by atoms with Gasteiger partial charge in [0.25, 0.3) is 5.56 Å². The topological polar surface area (TPSA) is 163 Å². The van der Waals surface area contributed by atoms with Crippen LogP contribution in [0.25, 0.3) is 0 Å². The lowest BCUT2D eigenvalue weighted by Gasteiger charge is -2.21. The Labute approximate surface area is 230 Å². The second-order valence-electron chi connectivity index (χ2n) is 9.97. The Morgan fingerprint density at radius 3 is 2.35 bits per heavy atom. The number of aliphatic hydroxyl groups excluding tert-OH is 2. The summed E-state index contributed by atoms with van der Waals surface area (Å²) in [7, 11) is 0. The van der Waals surface area contributed by atoms with Gasteiger partial charge in [-0.1, -0.05) is 67.6 Å². The van der Waals surface area contributed by atoms with Crippen LogP contribution in [0, 0.1) is 0 Å². The number of amides is 2. The van der Waals surface area contributed by atoms with Crippen LogP contribution in [-0.2, 0) is 20.7 Å². The third-order valence-electron chi connectivity index (χ3n) is 7.00. The van der Waals surface area contributed by atoms with Crippen LogP contribution < -0.4 is 21.9 Å². The van der Waals surface area contributed by atoms with E-state index in [0.717, 1.165) is 21.8 Å². The number of ether oxygens (including phenoxy) is 1. The molecule has 1 aliphatic heterocycles. The fourth-order valence-electron chi connectivity index (χ4n) is 4.70. The molecule has 0 spiro atoms. The van der Waals surface area contributed by atoms with Crippen molar-refractivity contribution in [2.45, 2.75) is 62.7 Å². The van der Waals surface area contributed by atoms with Crippen molar-refractivity contribution in [2.24, 2.45) is 0 Å². The van der Waals surface area contributed by atoms with Gasteiger partial charge in [0, 0.05) is 31.6 Å². The molecule has 0 saturated carbocycles. The van der Waals surface area contributed by atoms with Crippen molar-refractivity contribution in [1.82, 2.24) is 20.2 Å². The fraction of sp³-hybridized carbons (Fsp3) is 0.379. The van der Waals surface area contributed by atoms with Crippen LogP contribution in [0.1, 0.15) is 43.0 Å². The van der Waals surface area contributed by atoms with E-state index in [9.17, 15) is 29.4 Å². The highest BCUT2D eigenvalue weighted by atomic mass is 16.6. The average Bonchev–Trinajstić information content (AvgIpc) is 3.23. The van der Waals surface area contributed by atoms with Crippen LogP contribution >= 0.6 is 0 Å². The van der Waals surface area contributed by atoms with Crippen LogP contribution in [0.3, 0.4) is 0 Å². The van der Waals surface area contributed by atoms with Crippen molar-refractivity contribution in [1.29, 1.82) is 0 Å². The van der Waals surface area contributed by atoms with E-state index < -0.39 is 47.7 Å². The number of hydrogen-bond acceptors (Lipinski definition) is 7. The Balaban J connectivity index is 1.36. The highest BCUT2D eigenvalue weighted by Gasteiger charge is 2.44. The minimum Gasteiger partial charge on any atom is -0.388 e. The number of H-pyrrole nitrogens is 1. The van der Waals surface area contributed by atoms with Gasteiger partial charge in [0.1, 0.15) is 18.2 Å². The molecule has 1 aliphatic rings. The molecular formula is C29H34N4O7. The molecule has 1 unspecified atom stereocenters. The third-order valence-corrected chi connectivity index (χ3v) is 7.00. The molecular weight excluding hydrogens is 516 g/mol. The molecule has 1 fully saturated rings. The molecule has 1 aromatic heterocycles. The monoisotopic (exact) mass is 550 g/mol. The van der Waals surface area contributed by atoms with E-state index >= 15 is 0 Å². The Kier molecular flexibility index (Phi) is 9.65. The smallest absolute Gasteiger partial charge is 0.330 e. The largest absolute Gasteiger partial charge is 0.388 e. The van der Waals surface area contributed by atoms with E-state index in [-0.39, 0.29) is 31.1 Å². The summed E-state index contributed by atoms with van der Waals surface area (Å²) >= 11 is 0. The SMILES string of the molecule is CC(CNC(=O)[C@@H](Cc1ccccc1)NC(=O)CC[C@H]1O[C@@H](n2ccc(=O)[nH]c2=O)[C@H](O)[C@@H]1O)c1ccccc1. The lowest BCUT2D eigenvalue weighted by Crippen LogP contribution is -2.48. The lowest BCUT2D eigenvalue weighted by molar-refractivity contribution is -0.129. The van der Waals surface area contributed by atoms with Crippen molar-refractivity contribution in [2.75, 3.05) is 6.54 Å². The first-order valence-electron chi connectivity index (χ1n) is 13.2. The molecule has 212 valence electrons. The van der Waals surface area contributed by atoms with Crippen LogP contribution in [0.4, 0.5) is 0 Å². The molecule has 2 amide bonds. The molecule has 0 bridgehead atoms. The molecule has 5 N–H and O–H groups in total. The molecule has 3 aromatic rings. The Bertz CT molecular complexity index is 1390. The molecule has 0 radical (unpaired) electrons. The van der Waals surface area contributed by atoms with Gasteiger partial charge < -0.3 is 25.6 Å². The summed E-state index contributed by atoms with van der Waals surface area (Å²) in [6.45, 7) is 2.41. The molecule has 4 rings (SSSR count). The van der Waals surface area contributed by atoms with Gasteiger partial charge in [-0.2, -0.15) is 0 Å². The highest BCUT2D eigenvalue weighted by molar-refractivity contribution is 5.87. The van der Waals surface area contributed by atoms with E-state index in [1.165, 1.54) is 6.20 Å². The number of carbonyl (C=O) groups is 2. The average molecular weight is 551 g/mol. The Morgan fingerprint density at radius 2 is 1.68 bits per heavy atom. The molecule has 11 heteroatoms. The summed E-state index contributed by atoms with van der Waals surface area (Å²) in [6.07, 6.45) is -3.59. The number of nitrogens with one attached hydrogen (secondary N) is 3. The van der Waals surface area contributed by atoms with Crippen molar-refractivity contribution < 1.29 is 24.5 Å². The van der Waals surface area contributed by atoms with Gasteiger partial charge in [0.2, 0.25) is 11.8 Å². The number of benzene rings is 2. The van der Waals surface area contributed by atoms with Crippen LogP contribution in [-0.4, -0.2) is 62.5 Å². The van der Waals surface area contributed by atoms with Crippen molar-refractivity contribution in [3.05, 3.63) is 105 Å². The van der Waals surface area contributed by atoms with E-state index in [2.05, 4.69) is 15.6 Å². The maximum Gasteiger partial charge on any atom is 0.330 e. The summed E-state index contributed by atoms with van der Waals surface area (Å²) < 4.78 is 6.66. The fourth-order valence-corrected chi connectivity index (χ4v) is 4.70. The maximum absolute atomic E-state index is 13.1. The number of aromatic nitrogens is 2. The number of aromatic amines is 1. The minimum absolute atomic E-state index is 0.0311. The quantitative estimate of drug-likeness (QED) is 0.233. The summed E-state index contributed by atoms with van der Waals surface area (Å²) in [4.78, 5) is 51.6. The van der Waals surface area contributed by atoms with Crippen LogP contribution in [0.2, 0.25) is 0 Å². The summed E-state index contributed by atoms with van der Waals surface area (Å²) in [6, 6.07) is 19.4. The standard InChI is InChI=1S/C29H34N4O7/c1-18(20-10-6-3-7-11-20)17-30-27(38)21(16-19-8-4-2-5-9-19)31-23(34)13-12-22-25(36)26(37)28(40-22)33-15-14-24(35)32-29(33)39/h2-11,14-15,18,21-22,25-26,28,36-37H,12-13,16-17H2,1H3,(H,30,38)(H,31,34)(H,32,35,39)/t18?,21-,22-,25-,26-,28-/m1/s1. The molecule has 1 saturated heterocycles. The molecule has 11 nitrogen and oxygen atoms in total. The minimum atomic E-state index is -1.44. The van der Waals surface area contributed by atoms with Gasteiger partial charge in [0.05, 0.1) is 6.10 Å². The lowest BCUT2D eigenvalue weighted by atomic mass is 10.0. The van der Waals surface area contributed by atoms with Crippen molar-refractivity contribution >= 4 is 11.8 Å². The molecule has 0 aliphatic carbocycles. The highest BCUT2D eigenvalue weighted by Crippen LogP contribution is 2.30. The van der Waals surface area contributed by atoms with E-state index in [0.29, 0.717) is 6.54 Å². The van der Waals surface area contributed by atoms with E-state index in [1.807, 2.05) is 67.6 Å². The van der Waals surface area contributed by atoms with Crippen molar-refractivity contribution in [3.63, 3.8) is 0 Å². The normalized spacial score (nSPS) is 21.9. The van der Waals surface area contributed by atoms with Gasteiger partial charge in [-0.15, -0.1) is 0 Å². The number of aliphatic hydroxyl groups is 2. The molecule has 40 heavy (non-hydrogen) atoms. The van der Waals surface area contributed by atoms with E-state index in [4.69, 9.17) is 4.74 Å². The van der Waals surface area contributed by atoms with Gasteiger partial charge in [-0.25, -0.2) is 4.79 Å². The van der Waals surface area contributed by atoms with Gasteiger partial charge >= 0.3 is 5.69 Å². The second kappa shape index (κ2) is 13.3. The number of nitrogens with zero attached hydrogens (tertiary/aromatic N) is 1. The predicted molar refractivity (Wildman–Crippen MR) is 146 cm³/mol. The first kappa shape index (κ1) is 28.9. The summed E-state index contributed by atoms with van der Waals surface area (Å²) in [5, 5.41) is 26.6. The van der Waals surface area contributed by atoms with Crippen LogP contribution in [0.5, 0.6) is 0 Å². The maximum atomic E-state index is 13.1. The van der Waals surface area contributed by atoms with Gasteiger partial charge in [-0.3, -0.25) is 23.9 Å².